The molecule has 0 spiro atoms. The van der Waals surface area contributed by atoms with E-state index in [9.17, 15) is 9.59 Å². The lowest BCUT2D eigenvalue weighted by Crippen LogP contribution is -2.39. The number of methoxy groups -OCH3 is 1. The van der Waals surface area contributed by atoms with E-state index in [1.807, 2.05) is 60.7 Å². The van der Waals surface area contributed by atoms with Gasteiger partial charge in [-0.25, -0.2) is 9.79 Å². The summed E-state index contributed by atoms with van der Waals surface area (Å²) in [6.07, 6.45) is 1.85. The lowest BCUT2D eigenvalue weighted by atomic mass is 9.96. The highest BCUT2D eigenvalue weighted by Crippen LogP contribution is 2.31. The zero-order valence-corrected chi connectivity index (χ0v) is 18.3. The lowest BCUT2D eigenvalue weighted by molar-refractivity contribution is -0.139. The summed E-state index contributed by atoms with van der Waals surface area (Å²) in [5, 5.41) is 0. The Labute approximate surface area is 183 Å². The predicted molar refractivity (Wildman–Crippen MR) is 120 cm³/mol. The molecule has 0 amide bonds. The number of rotatable bonds is 5. The topological polar surface area (TPSA) is 69.9 Å². The average Bonchev–Trinajstić information content (AvgIpc) is 3.08. The fourth-order valence-corrected chi connectivity index (χ4v) is 4.64. The number of fused-ring (bicyclic) bond motifs is 1. The van der Waals surface area contributed by atoms with Crippen LogP contribution in [-0.2, 0) is 9.53 Å². The maximum absolute atomic E-state index is 13.4. The zero-order chi connectivity index (χ0) is 22.0. The van der Waals surface area contributed by atoms with Gasteiger partial charge in [0.05, 0.1) is 35.6 Å². The summed E-state index contributed by atoms with van der Waals surface area (Å²) in [5.74, 6) is 0.223. The van der Waals surface area contributed by atoms with E-state index in [1.54, 1.807) is 25.5 Å². The molecule has 4 rings (SSSR count). The predicted octanol–water partition coefficient (Wildman–Crippen LogP) is 2.81. The van der Waals surface area contributed by atoms with Gasteiger partial charge in [0.15, 0.2) is 4.80 Å². The van der Waals surface area contributed by atoms with Gasteiger partial charge < -0.3 is 9.47 Å². The first kappa shape index (κ1) is 20.8. The highest BCUT2D eigenvalue weighted by atomic mass is 32.1. The van der Waals surface area contributed by atoms with Crippen LogP contribution in [0.5, 0.6) is 5.75 Å². The monoisotopic (exact) mass is 434 g/mol. The number of aromatic nitrogens is 1. The van der Waals surface area contributed by atoms with E-state index in [4.69, 9.17) is 9.47 Å². The Hall–Kier alpha value is -3.45. The number of carbonyl (C=O) groups excluding carboxylic acids is 1. The van der Waals surface area contributed by atoms with Crippen LogP contribution in [0, 0.1) is 0 Å². The van der Waals surface area contributed by atoms with Crippen LogP contribution in [0.1, 0.15) is 31.0 Å². The summed E-state index contributed by atoms with van der Waals surface area (Å²) in [4.78, 5) is 31.4. The molecule has 1 atom stereocenters. The highest BCUT2D eigenvalue weighted by Gasteiger charge is 2.33. The van der Waals surface area contributed by atoms with E-state index in [0.717, 1.165) is 11.1 Å². The molecule has 0 fully saturated rings. The number of hydrogen-bond donors (Lipinski definition) is 0. The van der Waals surface area contributed by atoms with Crippen molar-refractivity contribution >= 4 is 23.4 Å². The molecule has 1 aliphatic heterocycles. The molecule has 1 aromatic heterocycles. The Morgan fingerprint density at radius 2 is 1.87 bits per heavy atom. The Balaban J connectivity index is 1.95. The smallest absolute Gasteiger partial charge is 0.338 e. The summed E-state index contributed by atoms with van der Waals surface area (Å²) in [7, 11) is 1.59. The minimum atomic E-state index is -0.626. The maximum atomic E-state index is 13.4. The average molecular weight is 435 g/mol. The minimum Gasteiger partial charge on any atom is -0.497 e. The number of ether oxygens (including phenoxy) is 2. The van der Waals surface area contributed by atoms with Crippen LogP contribution in [0.3, 0.4) is 0 Å². The lowest BCUT2D eigenvalue weighted by Gasteiger charge is -2.24. The molecule has 2 aromatic carbocycles. The largest absolute Gasteiger partial charge is 0.497 e. The quantitative estimate of drug-likeness (QED) is 0.579. The number of benzene rings is 2. The van der Waals surface area contributed by atoms with Gasteiger partial charge in [-0.05, 0) is 43.2 Å². The fraction of sp³-hybridized carbons (Fsp3) is 0.208. The number of hydrogen-bond acceptors (Lipinski definition) is 6. The van der Waals surface area contributed by atoms with Gasteiger partial charge in [-0.2, -0.15) is 0 Å². The van der Waals surface area contributed by atoms with Crippen LogP contribution in [0.4, 0.5) is 0 Å². The highest BCUT2D eigenvalue weighted by molar-refractivity contribution is 7.07. The molecule has 0 unspecified atom stereocenters. The van der Waals surface area contributed by atoms with Crippen LogP contribution in [0.15, 0.2) is 75.7 Å². The molecule has 31 heavy (non-hydrogen) atoms. The molecule has 0 radical (unpaired) electrons. The molecule has 6 nitrogen and oxygen atoms in total. The molecule has 0 aliphatic carbocycles. The van der Waals surface area contributed by atoms with Crippen molar-refractivity contribution < 1.29 is 14.3 Å². The molecule has 3 aromatic rings. The van der Waals surface area contributed by atoms with Crippen LogP contribution in [0.2, 0.25) is 0 Å². The first-order chi connectivity index (χ1) is 15.0. The molecule has 0 saturated carbocycles. The summed E-state index contributed by atoms with van der Waals surface area (Å²) in [6.45, 7) is 3.77. The third kappa shape index (κ3) is 3.96. The van der Waals surface area contributed by atoms with E-state index in [0.29, 0.717) is 26.4 Å². The third-order valence-electron chi connectivity index (χ3n) is 5.05. The molecule has 0 saturated heterocycles. The summed E-state index contributed by atoms with van der Waals surface area (Å²) in [6, 6.07) is 16.4. The molecular weight excluding hydrogens is 412 g/mol. The van der Waals surface area contributed by atoms with E-state index in [1.165, 1.54) is 11.3 Å². The zero-order valence-electron chi connectivity index (χ0n) is 17.5. The number of allylic oxidation sites excluding steroid dienone is 1. The van der Waals surface area contributed by atoms with Crippen molar-refractivity contribution in [1.82, 2.24) is 4.57 Å². The van der Waals surface area contributed by atoms with Crippen LogP contribution in [0.25, 0.3) is 6.08 Å². The Bertz CT molecular complexity index is 1320. The van der Waals surface area contributed by atoms with Crippen molar-refractivity contribution in [3.63, 3.8) is 0 Å². The number of esters is 1. The van der Waals surface area contributed by atoms with Gasteiger partial charge in [0.1, 0.15) is 5.75 Å². The first-order valence-corrected chi connectivity index (χ1v) is 10.7. The summed E-state index contributed by atoms with van der Waals surface area (Å²) < 4.78 is 12.7. The molecule has 1 aliphatic rings. The van der Waals surface area contributed by atoms with Gasteiger partial charge in [-0.3, -0.25) is 9.36 Å². The van der Waals surface area contributed by atoms with Gasteiger partial charge in [-0.15, -0.1) is 0 Å². The molecule has 7 heteroatoms. The SMILES string of the molecule is CCOC(=O)C1=C(C)N=c2s/c(=C\c3ccccc3)c(=O)n2[C@@H]1c1ccc(OC)cc1. The van der Waals surface area contributed by atoms with Crippen LogP contribution in [-0.4, -0.2) is 24.3 Å². The standard InChI is InChI=1S/C24H22N2O4S/c1-4-30-23(28)20-15(2)25-24-26(21(20)17-10-12-18(29-3)13-11-17)22(27)19(31-24)14-16-8-6-5-7-9-16/h5-14,21H,4H2,1-3H3/b19-14-/t21-/m1/s1. The van der Waals surface area contributed by atoms with E-state index >= 15 is 0 Å². The van der Waals surface area contributed by atoms with Crippen molar-refractivity contribution in [2.24, 2.45) is 4.99 Å². The minimum absolute atomic E-state index is 0.192. The maximum Gasteiger partial charge on any atom is 0.338 e. The summed E-state index contributed by atoms with van der Waals surface area (Å²) in [5.41, 5.74) is 2.43. The van der Waals surface area contributed by atoms with E-state index in [-0.39, 0.29) is 12.2 Å². The number of thiazole rings is 1. The van der Waals surface area contributed by atoms with Gasteiger partial charge in [0.2, 0.25) is 0 Å². The summed E-state index contributed by atoms with van der Waals surface area (Å²) >= 11 is 1.31. The van der Waals surface area contributed by atoms with Crippen LogP contribution >= 0.6 is 11.3 Å². The van der Waals surface area contributed by atoms with Gasteiger partial charge in [0, 0.05) is 0 Å². The van der Waals surface area contributed by atoms with Gasteiger partial charge >= 0.3 is 5.97 Å². The third-order valence-corrected chi connectivity index (χ3v) is 6.03. The van der Waals surface area contributed by atoms with Crippen molar-refractivity contribution in [1.29, 1.82) is 0 Å². The Kier molecular flexibility index (Phi) is 5.86. The molecule has 158 valence electrons. The second-order valence-corrected chi connectivity index (χ2v) is 8.00. The van der Waals surface area contributed by atoms with Gasteiger partial charge in [0.25, 0.3) is 5.56 Å². The number of carbonyl (C=O) groups is 1. The fourth-order valence-electron chi connectivity index (χ4n) is 3.59. The van der Waals surface area contributed by atoms with Crippen LogP contribution < -0.4 is 19.6 Å². The number of nitrogens with zero attached hydrogens (tertiary/aromatic N) is 2. The molecule has 0 N–H and O–H groups in total. The first-order valence-electron chi connectivity index (χ1n) is 9.92. The van der Waals surface area contributed by atoms with Gasteiger partial charge in [-0.1, -0.05) is 53.8 Å². The molecular formula is C24H22N2O4S. The Morgan fingerprint density at radius 1 is 1.16 bits per heavy atom. The molecule has 0 bridgehead atoms. The normalized spacial score (nSPS) is 16.0. The Morgan fingerprint density at radius 3 is 2.52 bits per heavy atom. The second kappa shape index (κ2) is 8.73. The van der Waals surface area contributed by atoms with Crippen molar-refractivity contribution in [3.05, 3.63) is 96.7 Å². The van der Waals surface area contributed by atoms with E-state index in [2.05, 4.69) is 4.99 Å². The second-order valence-electron chi connectivity index (χ2n) is 6.99. The van der Waals surface area contributed by atoms with Crippen molar-refractivity contribution in [3.8, 4) is 5.75 Å². The van der Waals surface area contributed by atoms with Crippen molar-refractivity contribution in [2.75, 3.05) is 13.7 Å². The van der Waals surface area contributed by atoms with E-state index < -0.39 is 12.0 Å². The van der Waals surface area contributed by atoms with Crippen molar-refractivity contribution in [2.45, 2.75) is 19.9 Å². The molecule has 2 heterocycles.